The van der Waals surface area contributed by atoms with E-state index in [1.807, 2.05) is 5.57 Å². The molecule has 2 nitrogen and oxygen atoms in total. The number of rotatable bonds is 28. The SMILES string of the molecule is CC(C)CCC[C@@H](C)[C@H]1CCC2C3CC=C4CC(CCCCCCCCC=CCCCCCCCC(=O)OC5CC[C@@]6(C)C(=CCC7C6CC[C@@]6(C)C7CC[C@@H]6[C@H](C)CCCC(C)C)C5)CC[C@]4(C)C3CC[C@@]21C. The summed E-state index contributed by atoms with van der Waals surface area (Å²) in [5.74, 6) is 11.9. The zero-order chi connectivity index (χ0) is 52.5. The van der Waals surface area contributed by atoms with Gasteiger partial charge in [0.05, 0.1) is 0 Å². The maximum absolute atomic E-state index is 13.0. The van der Waals surface area contributed by atoms with Gasteiger partial charge in [-0.05, 0) is 227 Å². The fourth-order valence-electron chi connectivity index (χ4n) is 20.7. The number of fused-ring (bicyclic) bond motifs is 10. The largest absolute Gasteiger partial charge is 0.462 e. The number of unbranched alkanes of at least 4 members (excludes halogenated alkanes) is 11. The van der Waals surface area contributed by atoms with Crippen LogP contribution in [0.5, 0.6) is 0 Å². The molecule has 0 radical (unpaired) electrons. The molecule has 0 amide bonds. The second-order valence-corrected chi connectivity index (χ2v) is 30.5. The fourth-order valence-corrected chi connectivity index (χ4v) is 20.7. The van der Waals surface area contributed by atoms with Crippen molar-refractivity contribution < 1.29 is 9.53 Å². The van der Waals surface area contributed by atoms with E-state index in [4.69, 9.17) is 4.74 Å². The molecular weight excluding hydrogens is 897 g/mol. The molecule has 0 aromatic heterocycles. The summed E-state index contributed by atoms with van der Waals surface area (Å²) in [5, 5.41) is 0. The molecule has 0 aromatic carbocycles. The third-order valence-corrected chi connectivity index (χ3v) is 25.1. The highest BCUT2D eigenvalue weighted by Crippen LogP contribution is 2.69. The number of ether oxygens (including phenoxy) is 1. The predicted octanol–water partition coefficient (Wildman–Crippen LogP) is 22.0. The second kappa shape index (κ2) is 26.8. The first-order valence-corrected chi connectivity index (χ1v) is 33.8. The Morgan fingerprint density at radius 2 is 0.986 bits per heavy atom. The van der Waals surface area contributed by atoms with Crippen molar-refractivity contribution in [2.45, 2.75) is 313 Å². The third-order valence-electron chi connectivity index (χ3n) is 25.1. The van der Waals surface area contributed by atoms with Crippen LogP contribution >= 0.6 is 0 Å². The van der Waals surface area contributed by atoms with E-state index in [9.17, 15) is 4.79 Å². The van der Waals surface area contributed by atoms with Gasteiger partial charge in [0.15, 0.2) is 0 Å². The van der Waals surface area contributed by atoms with Gasteiger partial charge in [0.25, 0.3) is 0 Å². The molecule has 0 aliphatic heterocycles. The van der Waals surface area contributed by atoms with Crippen molar-refractivity contribution in [3.05, 3.63) is 35.5 Å². The van der Waals surface area contributed by atoms with Gasteiger partial charge in [0.1, 0.15) is 6.10 Å². The molecule has 0 saturated heterocycles. The maximum Gasteiger partial charge on any atom is 0.306 e. The van der Waals surface area contributed by atoms with Gasteiger partial charge in [-0.15, -0.1) is 0 Å². The number of esters is 1. The van der Waals surface area contributed by atoms with Crippen molar-refractivity contribution in [1.29, 1.82) is 0 Å². The number of carbonyl (C=O) groups is 1. The number of hydrogen-bond donors (Lipinski definition) is 0. The Bertz CT molecular complexity index is 1830. The molecule has 74 heavy (non-hydrogen) atoms. The zero-order valence-electron chi connectivity index (χ0n) is 50.9. The normalized spacial score (nSPS) is 38.4. The van der Waals surface area contributed by atoms with Crippen LogP contribution in [0.3, 0.4) is 0 Å². The van der Waals surface area contributed by atoms with E-state index >= 15 is 0 Å². The summed E-state index contributed by atoms with van der Waals surface area (Å²) in [6.07, 6.45) is 60.3. The maximum atomic E-state index is 13.0. The third kappa shape index (κ3) is 13.6. The first-order valence-electron chi connectivity index (χ1n) is 33.8. The van der Waals surface area contributed by atoms with E-state index in [-0.39, 0.29) is 12.1 Å². The molecule has 8 aliphatic rings. The van der Waals surface area contributed by atoms with E-state index in [1.165, 1.54) is 205 Å². The monoisotopic (exact) mass is 1020 g/mol. The molecule has 8 rings (SSSR count). The highest BCUT2D eigenvalue weighted by Gasteiger charge is 2.61. The lowest BCUT2D eigenvalue weighted by Gasteiger charge is -2.58. The molecule has 2 heteroatoms. The Kier molecular flexibility index (Phi) is 21.3. The van der Waals surface area contributed by atoms with Crippen molar-refractivity contribution in [2.75, 3.05) is 0 Å². The molecular formula is C72H122O2. The van der Waals surface area contributed by atoms with Crippen molar-refractivity contribution >= 4 is 5.97 Å². The van der Waals surface area contributed by atoms with Crippen LogP contribution in [0.15, 0.2) is 35.5 Å². The quantitative estimate of drug-likeness (QED) is 0.0443. The molecule has 422 valence electrons. The summed E-state index contributed by atoms with van der Waals surface area (Å²) < 4.78 is 6.21. The first kappa shape index (κ1) is 58.8. The molecule has 8 aliphatic carbocycles. The highest BCUT2D eigenvalue weighted by atomic mass is 16.5. The Morgan fingerprint density at radius 3 is 1.51 bits per heavy atom. The summed E-state index contributed by atoms with van der Waals surface area (Å²) >= 11 is 0. The molecule has 16 atom stereocenters. The summed E-state index contributed by atoms with van der Waals surface area (Å²) in [6.45, 7) is 25.6. The molecule has 0 N–H and O–H groups in total. The number of allylic oxidation sites excluding steroid dienone is 5. The lowest BCUT2D eigenvalue weighted by molar-refractivity contribution is -0.151. The summed E-state index contributed by atoms with van der Waals surface area (Å²) in [7, 11) is 0. The minimum absolute atomic E-state index is 0.0614. The Balaban J connectivity index is 0.616. The van der Waals surface area contributed by atoms with E-state index in [0.29, 0.717) is 28.1 Å². The molecule has 0 bridgehead atoms. The molecule has 6 saturated carbocycles. The fraction of sp³-hybridized carbons (Fsp3) is 0.903. The van der Waals surface area contributed by atoms with Gasteiger partial charge in [-0.2, -0.15) is 0 Å². The Morgan fingerprint density at radius 1 is 0.514 bits per heavy atom. The van der Waals surface area contributed by atoms with Crippen molar-refractivity contribution in [3.63, 3.8) is 0 Å². The lowest BCUT2D eigenvalue weighted by atomic mass is 9.46. The minimum atomic E-state index is 0.0614. The van der Waals surface area contributed by atoms with Crippen LogP contribution < -0.4 is 0 Å². The minimum Gasteiger partial charge on any atom is -0.462 e. The van der Waals surface area contributed by atoms with Crippen LogP contribution in [-0.2, 0) is 9.53 Å². The average Bonchev–Trinajstić information content (AvgIpc) is 3.92. The second-order valence-electron chi connectivity index (χ2n) is 30.5. The van der Waals surface area contributed by atoms with E-state index in [1.54, 1.807) is 5.57 Å². The van der Waals surface area contributed by atoms with Gasteiger partial charge < -0.3 is 4.74 Å². The molecule has 8 unspecified atom stereocenters. The van der Waals surface area contributed by atoms with Crippen molar-refractivity contribution in [1.82, 2.24) is 0 Å². The molecule has 0 spiro atoms. The average molecular weight is 1020 g/mol. The van der Waals surface area contributed by atoms with Gasteiger partial charge in [-0.3, -0.25) is 4.79 Å². The topological polar surface area (TPSA) is 26.3 Å². The molecule has 0 heterocycles. The zero-order valence-corrected chi connectivity index (χ0v) is 50.9. The lowest BCUT2D eigenvalue weighted by Crippen LogP contribution is -2.51. The summed E-state index contributed by atoms with van der Waals surface area (Å²) in [5.41, 5.74) is 5.55. The number of hydrogen-bond acceptors (Lipinski definition) is 2. The Labute approximate surface area is 460 Å². The van der Waals surface area contributed by atoms with Gasteiger partial charge in [0, 0.05) is 12.8 Å². The number of carbonyl (C=O) groups excluding carboxylic acids is 1. The van der Waals surface area contributed by atoms with Gasteiger partial charge >= 0.3 is 5.97 Å². The first-order chi connectivity index (χ1) is 35.6. The van der Waals surface area contributed by atoms with Crippen molar-refractivity contribution in [3.8, 4) is 0 Å². The summed E-state index contributed by atoms with van der Waals surface area (Å²) in [4.78, 5) is 13.0. The van der Waals surface area contributed by atoms with Crippen molar-refractivity contribution in [2.24, 2.45) is 98.6 Å². The van der Waals surface area contributed by atoms with Crippen LogP contribution in [0.4, 0.5) is 0 Å². The molecule has 6 fully saturated rings. The standard InChI is InChI=1S/C72H122O2/c1-52(2)28-26-30-54(5)62-38-40-64-60-36-34-57-50-56(42-46-69(57,7)66(60)44-48-71(62,64)9)32-24-22-20-18-16-14-12-11-13-15-17-19-21-23-25-33-68(73)74-59-43-47-70(8)58(51-59)35-37-61-65-41-39-63(55(6)31-27-29-53(3)4)72(65,10)49-45-67(61)70/h11,13,34-35,52-56,59-67H,12,14-33,36-51H2,1-10H3/t54-,55-,56?,59?,60?,61?,62-,63-,64?,65?,66?,67?,69+,70+,71-,72-/m1/s1. The highest BCUT2D eigenvalue weighted by molar-refractivity contribution is 5.69. The van der Waals surface area contributed by atoms with Gasteiger partial charge in [-0.25, -0.2) is 0 Å². The van der Waals surface area contributed by atoms with Gasteiger partial charge in [-0.1, -0.05) is 201 Å². The van der Waals surface area contributed by atoms with Crippen LogP contribution in [0, 0.1) is 98.6 Å². The predicted molar refractivity (Wildman–Crippen MR) is 318 cm³/mol. The summed E-state index contributed by atoms with van der Waals surface area (Å²) in [6, 6.07) is 0. The van der Waals surface area contributed by atoms with E-state index in [0.717, 1.165) is 103 Å². The van der Waals surface area contributed by atoms with Crippen LogP contribution in [0.25, 0.3) is 0 Å². The van der Waals surface area contributed by atoms with Crippen LogP contribution in [-0.4, -0.2) is 12.1 Å². The smallest absolute Gasteiger partial charge is 0.306 e. The van der Waals surface area contributed by atoms with Crippen LogP contribution in [0.1, 0.15) is 307 Å². The molecule has 0 aromatic rings. The van der Waals surface area contributed by atoms with E-state index < -0.39 is 0 Å². The van der Waals surface area contributed by atoms with Crippen LogP contribution in [0.2, 0.25) is 0 Å². The van der Waals surface area contributed by atoms with E-state index in [2.05, 4.69) is 93.5 Å². The Hall–Kier alpha value is -1.31. The van der Waals surface area contributed by atoms with Gasteiger partial charge in [0.2, 0.25) is 0 Å².